The van der Waals surface area contributed by atoms with Crippen molar-refractivity contribution in [2.45, 2.75) is 59.2 Å². The monoisotopic (exact) mass is 400 g/mol. The average molecular weight is 401 g/mol. The molecule has 0 radical (unpaired) electrons. The molecule has 1 fully saturated rings. The third-order valence-corrected chi connectivity index (χ3v) is 6.66. The van der Waals surface area contributed by atoms with Gasteiger partial charge in [0.05, 0.1) is 18.8 Å². The van der Waals surface area contributed by atoms with Gasteiger partial charge in [-0.15, -0.1) is 0 Å². The number of hydrogen-bond donors (Lipinski definition) is 1. The lowest BCUT2D eigenvalue weighted by atomic mass is 9.53. The van der Waals surface area contributed by atoms with Gasteiger partial charge in [-0.3, -0.25) is 0 Å². The highest BCUT2D eigenvalue weighted by Crippen LogP contribution is 2.54. The van der Waals surface area contributed by atoms with Crippen LogP contribution in [0.4, 0.5) is 0 Å². The molecule has 0 aromatic heterocycles. The van der Waals surface area contributed by atoms with E-state index >= 15 is 0 Å². The molecular formula is C25H36O4. The number of hydrogen-bond acceptors (Lipinski definition) is 4. The Kier molecular flexibility index (Phi) is 8.23. The molecule has 0 amide bonds. The summed E-state index contributed by atoms with van der Waals surface area (Å²) in [6.07, 6.45) is 5.63. The Bertz CT molecular complexity index is 711. The van der Waals surface area contributed by atoms with Crippen molar-refractivity contribution >= 4 is 5.97 Å². The number of benzene rings is 1. The highest BCUT2D eigenvalue weighted by Gasteiger charge is 2.52. The molecule has 4 atom stereocenters. The molecule has 2 rings (SSSR count). The molecule has 1 aromatic carbocycles. The number of ether oxygens (including phenoxy) is 2. The number of rotatable bonds is 9. The van der Waals surface area contributed by atoms with Crippen LogP contribution in [-0.4, -0.2) is 29.9 Å². The van der Waals surface area contributed by atoms with E-state index in [9.17, 15) is 9.90 Å². The van der Waals surface area contributed by atoms with Gasteiger partial charge in [-0.25, -0.2) is 4.79 Å². The van der Waals surface area contributed by atoms with Gasteiger partial charge in [-0.1, -0.05) is 56.8 Å². The first-order valence-corrected chi connectivity index (χ1v) is 10.6. The van der Waals surface area contributed by atoms with E-state index in [1.165, 1.54) is 6.08 Å². The normalized spacial score (nSPS) is 29.7. The van der Waals surface area contributed by atoms with Crippen LogP contribution in [0.1, 0.15) is 52.5 Å². The molecule has 4 nitrogen and oxygen atoms in total. The molecule has 0 unspecified atom stereocenters. The van der Waals surface area contributed by atoms with E-state index in [0.29, 0.717) is 32.2 Å². The molecule has 0 saturated heterocycles. The van der Waals surface area contributed by atoms with Crippen LogP contribution < -0.4 is 0 Å². The number of aliphatic hydroxyl groups is 1. The molecule has 0 bridgehead atoms. The molecular weight excluding hydrogens is 364 g/mol. The number of esters is 1. The summed E-state index contributed by atoms with van der Waals surface area (Å²) >= 11 is 0. The van der Waals surface area contributed by atoms with Crippen LogP contribution in [0.25, 0.3) is 0 Å². The van der Waals surface area contributed by atoms with E-state index in [1.54, 1.807) is 6.92 Å². The molecule has 0 aliphatic heterocycles. The van der Waals surface area contributed by atoms with Crippen molar-refractivity contribution in [1.82, 2.24) is 0 Å². The Balaban J connectivity index is 2.17. The molecule has 1 aliphatic rings. The van der Waals surface area contributed by atoms with Crippen LogP contribution in [0.15, 0.2) is 54.6 Å². The van der Waals surface area contributed by atoms with Gasteiger partial charge in [-0.2, -0.15) is 0 Å². The summed E-state index contributed by atoms with van der Waals surface area (Å²) in [5.41, 5.74) is 0.612. The quantitative estimate of drug-likeness (QED) is 0.272. The zero-order chi connectivity index (χ0) is 21.5. The SMILES string of the molecule is C=C(C)[C@]1(O)CC[C@@H](C)[C@@](C)(CCOCc2ccccc2)[C@H]1/C=C\C(=O)OCC. The summed E-state index contributed by atoms with van der Waals surface area (Å²) < 4.78 is 11.0. The summed E-state index contributed by atoms with van der Waals surface area (Å²) in [7, 11) is 0. The summed E-state index contributed by atoms with van der Waals surface area (Å²) in [6.45, 7) is 13.6. The molecule has 1 N–H and O–H groups in total. The summed E-state index contributed by atoms with van der Waals surface area (Å²) in [6, 6.07) is 10.1. The van der Waals surface area contributed by atoms with E-state index in [4.69, 9.17) is 9.47 Å². The molecule has 0 heterocycles. The zero-order valence-corrected chi connectivity index (χ0v) is 18.3. The van der Waals surface area contributed by atoms with Gasteiger partial charge >= 0.3 is 5.97 Å². The van der Waals surface area contributed by atoms with Crippen molar-refractivity contribution in [3.05, 3.63) is 60.2 Å². The Morgan fingerprint density at radius 3 is 2.66 bits per heavy atom. The van der Waals surface area contributed by atoms with Crippen molar-refractivity contribution < 1.29 is 19.4 Å². The smallest absolute Gasteiger partial charge is 0.330 e. The first-order chi connectivity index (χ1) is 13.7. The van der Waals surface area contributed by atoms with Crippen LogP contribution in [0.3, 0.4) is 0 Å². The van der Waals surface area contributed by atoms with Crippen LogP contribution in [-0.2, 0) is 20.9 Å². The average Bonchev–Trinajstić information content (AvgIpc) is 2.69. The van der Waals surface area contributed by atoms with E-state index in [2.05, 4.69) is 32.6 Å². The maximum atomic E-state index is 11.9. The third-order valence-electron chi connectivity index (χ3n) is 6.66. The maximum absolute atomic E-state index is 11.9. The minimum atomic E-state index is -1.04. The predicted molar refractivity (Wildman–Crippen MR) is 116 cm³/mol. The Morgan fingerprint density at radius 2 is 2.03 bits per heavy atom. The lowest BCUT2D eigenvalue weighted by Crippen LogP contribution is -2.53. The van der Waals surface area contributed by atoms with Gasteiger partial charge in [0.1, 0.15) is 0 Å². The van der Waals surface area contributed by atoms with Gasteiger partial charge < -0.3 is 14.6 Å². The second-order valence-electron chi connectivity index (χ2n) is 8.53. The second kappa shape index (κ2) is 10.2. The Hall–Kier alpha value is -1.91. The Morgan fingerprint density at radius 1 is 1.34 bits per heavy atom. The van der Waals surface area contributed by atoms with Gasteiger partial charge in [-0.05, 0) is 55.6 Å². The van der Waals surface area contributed by atoms with Crippen LogP contribution in [0, 0.1) is 17.3 Å². The summed E-state index contributed by atoms with van der Waals surface area (Å²) in [5, 5.41) is 11.5. The standard InChI is InChI=1S/C25H36O4/c1-6-29-23(26)13-12-22-24(5,20(4)14-15-25(22,27)19(2)3)16-17-28-18-21-10-8-7-9-11-21/h7-13,20,22,27H,2,6,14-18H2,1,3-5H3/b13-12-/t20-,22-,24-,25-/m1/s1. The molecule has 160 valence electrons. The van der Waals surface area contributed by atoms with E-state index < -0.39 is 5.60 Å². The largest absolute Gasteiger partial charge is 0.463 e. The van der Waals surface area contributed by atoms with Gasteiger partial charge in [0, 0.05) is 18.6 Å². The first kappa shape index (κ1) is 23.4. The maximum Gasteiger partial charge on any atom is 0.330 e. The van der Waals surface area contributed by atoms with Crippen LogP contribution in [0.2, 0.25) is 0 Å². The second-order valence-corrected chi connectivity index (χ2v) is 8.53. The fourth-order valence-electron chi connectivity index (χ4n) is 4.46. The third kappa shape index (κ3) is 5.58. The lowest BCUT2D eigenvalue weighted by molar-refractivity contribution is -0.137. The van der Waals surface area contributed by atoms with E-state index in [-0.39, 0.29) is 17.3 Å². The number of carbonyl (C=O) groups is 1. The fourth-order valence-corrected chi connectivity index (χ4v) is 4.46. The van der Waals surface area contributed by atoms with E-state index in [1.807, 2.05) is 31.2 Å². The van der Waals surface area contributed by atoms with Gasteiger partial charge in [0.15, 0.2) is 0 Å². The highest BCUT2D eigenvalue weighted by molar-refractivity contribution is 5.82. The van der Waals surface area contributed by atoms with Crippen molar-refractivity contribution in [3.8, 4) is 0 Å². The topological polar surface area (TPSA) is 55.8 Å². The zero-order valence-electron chi connectivity index (χ0n) is 18.3. The van der Waals surface area contributed by atoms with Crippen molar-refractivity contribution in [1.29, 1.82) is 0 Å². The van der Waals surface area contributed by atoms with Crippen molar-refractivity contribution in [2.75, 3.05) is 13.2 Å². The predicted octanol–water partition coefficient (Wildman–Crippen LogP) is 5.07. The minimum Gasteiger partial charge on any atom is -0.463 e. The highest BCUT2D eigenvalue weighted by atomic mass is 16.5. The van der Waals surface area contributed by atoms with E-state index in [0.717, 1.165) is 24.0 Å². The molecule has 1 aliphatic carbocycles. The van der Waals surface area contributed by atoms with Crippen LogP contribution >= 0.6 is 0 Å². The lowest BCUT2D eigenvalue weighted by Gasteiger charge is -2.54. The summed E-state index contributed by atoms with van der Waals surface area (Å²) in [5.74, 6) is -0.238. The van der Waals surface area contributed by atoms with Crippen molar-refractivity contribution in [2.24, 2.45) is 17.3 Å². The first-order valence-electron chi connectivity index (χ1n) is 10.6. The minimum absolute atomic E-state index is 0.231. The fraction of sp³-hybridized carbons (Fsp3) is 0.560. The summed E-state index contributed by atoms with van der Waals surface area (Å²) in [4.78, 5) is 11.9. The molecule has 1 aromatic rings. The van der Waals surface area contributed by atoms with Crippen molar-refractivity contribution in [3.63, 3.8) is 0 Å². The Labute approximate surface area is 175 Å². The molecule has 29 heavy (non-hydrogen) atoms. The molecule has 1 saturated carbocycles. The van der Waals surface area contributed by atoms with Gasteiger partial charge in [0.2, 0.25) is 0 Å². The number of carbonyl (C=O) groups excluding carboxylic acids is 1. The van der Waals surface area contributed by atoms with Crippen LogP contribution in [0.5, 0.6) is 0 Å². The molecule has 4 heteroatoms. The molecule has 0 spiro atoms. The van der Waals surface area contributed by atoms with Gasteiger partial charge in [0.25, 0.3) is 0 Å².